The number of allylic oxidation sites excluding steroid dienone is 12. The van der Waals surface area contributed by atoms with E-state index in [0.29, 0.717) is 12.8 Å². The van der Waals surface area contributed by atoms with Crippen molar-refractivity contribution >= 4 is 11.9 Å². The van der Waals surface area contributed by atoms with Crippen LogP contribution in [0.4, 0.5) is 0 Å². The number of aliphatic hydroxyl groups is 4. The van der Waals surface area contributed by atoms with E-state index >= 15 is 0 Å². The number of unbranched alkanes of at least 4 members (excludes halogenated alkanes) is 14. The molecule has 10 heteroatoms. The minimum Gasteiger partial charge on any atom is -0.462 e. The highest BCUT2D eigenvalue weighted by molar-refractivity contribution is 5.70. The van der Waals surface area contributed by atoms with Gasteiger partial charge in [0.1, 0.15) is 31.0 Å². The molecule has 6 unspecified atom stereocenters. The van der Waals surface area contributed by atoms with Gasteiger partial charge in [-0.2, -0.15) is 0 Å². The van der Waals surface area contributed by atoms with Gasteiger partial charge in [0.2, 0.25) is 0 Å². The highest BCUT2D eigenvalue weighted by Crippen LogP contribution is 2.22. The number of aliphatic hydroxyl groups excluding tert-OH is 4. The molecule has 0 radical (unpaired) electrons. The first-order valence-electron chi connectivity index (χ1n) is 23.0. The minimum atomic E-state index is -1.60. The van der Waals surface area contributed by atoms with E-state index in [1.54, 1.807) is 0 Å². The van der Waals surface area contributed by atoms with Crippen LogP contribution in [0.25, 0.3) is 0 Å². The lowest BCUT2D eigenvalue weighted by Gasteiger charge is -2.39. The average Bonchev–Trinajstić information content (AvgIpc) is 3.23. The molecular weight excluding hydrogens is 749 g/mol. The van der Waals surface area contributed by atoms with Crippen LogP contribution in [0.15, 0.2) is 72.9 Å². The fraction of sp³-hybridized carbons (Fsp3) is 0.714. The zero-order chi connectivity index (χ0) is 43.0. The van der Waals surface area contributed by atoms with E-state index in [2.05, 4.69) is 86.8 Å². The van der Waals surface area contributed by atoms with E-state index in [-0.39, 0.29) is 26.1 Å². The second-order valence-electron chi connectivity index (χ2n) is 15.4. The standard InChI is InChI=1S/C49H82O10/c1-3-5-7-9-11-13-15-17-19-21-23-25-27-29-31-33-35-37-44(51)56-40-42(41-57-49-48(55)47(54)46(53)43(39-50)59-49)58-45(52)38-36-34-32-30-28-26-24-22-20-18-16-14-12-10-8-6-4-2/h5-8,11-14,17-20,42-43,46-50,53-55H,3-4,9-10,15-16,21-41H2,1-2H3/b7-5-,8-6-,13-11-,14-12-,19-17-,20-18-. The Bertz CT molecular complexity index is 1190. The predicted octanol–water partition coefficient (Wildman–Crippen LogP) is 10.00. The third-order valence-electron chi connectivity index (χ3n) is 10.1. The van der Waals surface area contributed by atoms with Crippen molar-refractivity contribution in [3.63, 3.8) is 0 Å². The lowest BCUT2D eigenvalue weighted by Crippen LogP contribution is -2.59. The van der Waals surface area contributed by atoms with E-state index in [9.17, 15) is 30.0 Å². The van der Waals surface area contributed by atoms with Crippen LogP contribution in [0.1, 0.15) is 168 Å². The molecule has 1 heterocycles. The van der Waals surface area contributed by atoms with Crippen molar-refractivity contribution in [3.05, 3.63) is 72.9 Å². The Morgan fingerprint density at radius 3 is 1.42 bits per heavy atom. The van der Waals surface area contributed by atoms with Crippen molar-refractivity contribution in [1.29, 1.82) is 0 Å². The first-order valence-corrected chi connectivity index (χ1v) is 23.0. The smallest absolute Gasteiger partial charge is 0.306 e. The lowest BCUT2D eigenvalue weighted by molar-refractivity contribution is -0.305. The largest absolute Gasteiger partial charge is 0.462 e. The maximum atomic E-state index is 12.8. The van der Waals surface area contributed by atoms with Gasteiger partial charge in [-0.15, -0.1) is 0 Å². The van der Waals surface area contributed by atoms with E-state index < -0.39 is 55.4 Å². The molecule has 0 bridgehead atoms. The number of rotatable bonds is 37. The first kappa shape index (κ1) is 54.2. The van der Waals surface area contributed by atoms with Crippen LogP contribution in [-0.4, -0.2) is 89.0 Å². The van der Waals surface area contributed by atoms with Gasteiger partial charge < -0.3 is 39.4 Å². The number of ether oxygens (including phenoxy) is 4. The fourth-order valence-electron chi connectivity index (χ4n) is 6.51. The number of hydrogen-bond donors (Lipinski definition) is 4. The molecule has 1 rings (SSSR count). The molecule has 6 atom stereocenters. The topological polar surface area (TPSA) is 152 Å². The summed E-state index contributed by atoms with van der Waals surface area (Å²) in [5, 5.41) is 40.1. The molecule has 1 fully saturated rings. The maximum Gasteiger partial charge on any atom is 0.306 e. The zero-order valence-electron chi connectivity index (χ0n) is 36.7. The zero-order valence-corrected chi connectivity index (χ0v) is 36.7. The van der Waals surface area contributed by atoms with Gasteiger partial charge in [-0.05, 0) is 77.0 Å². The SMILES string of the molecule is CC/C=C\C/C=C\C/C=C\CCCCCCCCCC(=O)OCC(COC1OC(CO)C(O)C(O)C1O)OC(=O)CCCCCCCCC/C=C\C/C=C\C/C=C\CC. The van der Waals surface area contributed by atoms with Gasteiger partial charge in [-0.1, -0.05) is 151 Å². The summed E-state index contributed by atoms with van der Waals surface area (Å²) in [6.07, 6.45) is 41.9. The Morgan fingerprint density at radius 1 is 0.525 bits per heavy atom. The van der Waals surface area contributed by atoms with E-state index in [1.807, 2.05) is 0 Å². The molecule has 0 aromatic heterocycles. The molecule has 59 heavy (non-hydrogen) atoms. The molecule has 0 aromatic carbocycles. The molecule has 1 saturated heterocycles. The number of esters is 2. The molecule has 0 saturated carbocycles. The summed E-state index contributed by atoms with van der Waals surface area (Å²) in [5.74, 6) is -0.834. The van der Waals surface area contributed by atoms with Crippen LogP contribution in [0.3, 0.4) is 0 Å². The molecule has 1 aliphatic heterocycles. The number of carbonyl (C=O) groups excluding carboxylic acids is 2. The van der Waals surface area contributed by atoms with Gasteiger partial charge in [0, 0.05) is 12.8 Å². The minimum absolute atomic E-state index is 0.213. The Kier molecular flexibility index (Phi) is 36.1. The highest BCUT2D eigenvalue weighted by atomic mass is 16.7. The van der Waals surface area contributed by atoms with E-state index in [1.165, 1.54) is 38.5 Å². The van der Waals surface area contributed by atoms with Crippen molar-refractivity contribution in [3.8, 4) is 0 Å². The molecule has 1 aliphatic rings. The molecule has 0 amide bonds. The Morgan fingerprint density at radius 2 is 0.949 bits per heavy atom. The van der Waals surface area contributed by atoms with Crippen LogP contribution in [0, 0.1) is 0 Å². The molecular formula is C49H82O10. The summed E-state index contributed by atoms with van der Waals surface area (Å²) in [5.41, 5.74) is 0. The third kappa shape index (κ3) is 30.8. The van der Waals surface area contributed by atoms with E-state index in [0.717, 1.165) is 89.9 Å². The summed E-state index contributed by atoms with van der Waals surface area (Å²) in [7, 11) is 0. The molecule has 0 aliphatic carbocycles. The normalized spacial score (nSPS) is 20.7. The van der Waals surface area contributed by atoms with Crippen molar-refractivity contribution in [2.75, 3.05) is 19.8 Å². The number of carbonyl (C=O) groups is 2. The Balaban J connectivity index is 2.33. The maximum absolute atomic E-state index is 12.8. The monoisotopic (exact) mass is 831 g/mol. The Labute approximate surface area is 357 Å². The lowest BCUT2D eigenvalue weighted by atomic mass is 9.99. The molecule has 0 aromatic rings. The van der Waals surface area contributed by atoms with Gasteiger partial charge in [0.15, 0.2) is 12.4 Å². The van der Waals surface area contributed by atoms with Gasteiger partial charge in [-0.25, -0.2) is 0 Å². The van der Waals surface area contributed by atoms with Crippen LogP contribution in [-0.2, 0) is 28.5 Å². The fourth-order valence-corrected chi connectivity index (χ4v) is 6.51. The quantitative estimate of drug-likeness (QED) is 0.0271. The van der Waals surface area contributed by atoms with Crippen LogP contribution < -0.4 is 0 Å². The van der Waals surface area contributed by atoms with Gasteiger partial charge in [-0.3, -0.25) is 9.59 Å². The Hall–Kier alpha value is -2.86. The van der Waals surface area contributed by atoms with Crippen molar-refractivity contribution in [1.82, 2.24) is 0 Å². The molecule has 338 valence electrons. The van der Waals surface area contributed by atoms with Gasteiger partial charge in [0.25, 0.3) is 0 Å². The van der Waals surface area contributed by atoms with Crippen LogP contribution in [0.5, 0.6) is 0 Å². The van der Waals surface area contributed by atoms with Gasteiger partial charge in [0.05, 0.1) is 13.2 Å². The molecule has 4 N–H and O–H groups in total. The second kappa shape index (κ2) is 39.3. The van der Waals surface area contributed by atoms with Crippen LogP contribution >= 0.6 is 0 Å². The summed E-state index contributed by atoms with van der Waals surface area (Å²) >= 11 is 0. The highest BCUT2D eigenvalue weighted by Gasteiger charge is 2.44. The van der Waals surface area contributed by atoms with E-state index in [4.69, 9.17) is 18.9 Å². The second-order valence-corrected chi connectivity index (χ2v) is 15.4. The average molecular weight is 831 g/mol. The first-order chi connectivity index (χ1) is 28.8. The summed E-state index contributed by atoms with van der Waals surface area (Å²) in [6, 6.07) is 0. The van der Waals surface area contributed by atoms with Crippen molar-refractivity contribution in [2.24, 2.45) is 0 Å². The van der Waals surface area contributed by atoms with Crippen molar-refractivity contribution in [2.45, 2.75) is 205 Å². The van der Waals surface area contributed by atoms with Crippen molar-refractivity contribution < 1.29 is 49.0 Å². The summed E-state index contributed by atoms with van der Waals surface area (Å²) < 4.78 is 22.2. The molecule has 0 spiro atoms. The van der Waals surface area contributed by atoms with Gasteiger partial charge >= 0.3 is 11.9 Å². The number of hydrogen-bond acceptors (Lipinski definition) is 10. The summed E-state index contributed by atoms with van der Waals surface area (Å²) in [4.78, 5) is 25.4. The third-order valence-corrected chi connectivity index (χ3v) is 10.1. The van der Waals surface area contributed by atoms with Crippen LogP contribution in [0.2, 0.25) is 0 Å². The molecule has 10 nitrogen and oxygen atoms in total. The predicted molar refractivity (Wildman–Crippen MR) is 238 cm³/mol. The summed E-state index contributed by atoms with van der Waals surface area (Å²) in [6.45, 7) is 3.17.